The Hall–Kier alpha value is -2.83. The van der Waals surface area contributed by atoms with Gasteiger partial charge in [-0.3, -0.25) is 9.59 Å². The first kappa shape index (κ1) is 18.9. The molecule has 0 saturated carbocycles. The van der Waals surface area contributed by atoms with Gasteiger partial charge in [0, 0.05) is 25.5 Å². The van der Waals surface area contributed by atoms with Crippen LogP contribution in [0.2, 0.25) is 0 Å². The fourth-order valence-corrected chi connectivity index (χ4v) is 3.30. The van der Waals surface area contributed by atoms with Gasteiger partial charge in [0.25, 0.3) is 0 Å². The lowest BCUT2D eigenvalue weighted by atomic mass is 10.0. The lowest BCUT2D eigenvalue weighted by Gasteiger charge is -2.31. The summed E-state index contributed by atoms with van der Waals surface area (Å²) in [4.78, 5) is 34.2. The van der Waals surface area contributed by atoms with Crippen LogP contribution in [-0.4, -0.2) is 46.4 Å². The van der Waals surface area contributed by atoms with Gasteiger partial charge in [0.2, 0.25) is 11.8 Å². The number of amides is 2. The Morgan fingerprint density at radius 3 is 2.56 bits per heavy atom. The van der Waals surface area contributed by atoms with Crippen molar-refractivity contribution in [3.8, 4) is 17.1 Å². The molecule has 2 amide bonds. The number of hydrogen-bond donors (Lipinski definition) is 2. The molecule has 3 rings (SSSR count). The number of aromatic amines is 1. The number of benzene rings is 1. The Morgan fingerprint density at radius 2 is 1.96 bits per heavy atom. The molecule has 0 saturated heterocycles. The van der Waals surface area contributed by atoms with Gasteiger partial charge in [0.15, 0.2) is 0 Å². The number of rotatable bonds is 5. The van der Waals surface area contributed by atoms with Crippen LogP contribution in [0.3, 0.4) is 0 Å². The van der Waals surface area contributed by atoms with Gasteiger partial charge < -0.3 is 19.9 Å². The fourth-order valence-electron chi connectivity index (χ4n) is 3.30. The first-order valence-electron chi connectivity index (χ1n) is 9.17. The standard InChI is InChI=1S/C20H26N4O3/c1-12(2)18(21-13(3)25)20(26)24-10-9-16-17(11-24)23-19(22-16)14-5-7-15(27-4)8-6-14/h5-8,12,18H,9-11H2,1-4H3,(H,21,25)(H,22,23)/t18-/m0/s1. The number of imidazole rings is 1. The van der Waals surface area contributed by atoms with Gasteiger partial charge in [-0.15, -0.1) is 0 Å². The Labute approximate surface area is 159 Å². The minimum absolute atomic E-state index is 0.0272. The zero-order chi connectivity index (χ0) is 19.6. The minimum Gasteiger partial charge on any atom is -0.497 e. The second-order valence-electron chi connectivity index (χ2n) is 7.17. The molecule has 7 heteroatoms. The van der Waals surface area contributed by atoms with E-state index in [4.69, 9.17) is 9.72 Å². The topological polar surface area (TPSA) is 87.3 Å². The summed E-state index contributed by atoms with van der Waals surface area (Å²) in [5.74, 6) is 1.37. The van der Waals surface area contributed by atoms with E-state index in [2.05, 4.69) is 10.3 Å². The molecule has 0 aliphatic carbocycles. The molecule has 2 aromatic rings. The lowest BCUT2D eigenvalue weighted by Crippen LogP contribution is -2.51. The largest absolute Gasteiger partial charge is 0.497 e. The van der Waals surface area contributed by atoms with Crippen LogP contribution in [-0.2, 0) is 22.6 Å². The van der Waals surface area contributed by atoms with Crippen LogP contribution in [0.4, 0.5) is 0 Å². The minimum atomic E-state index is -0.506. The van der Waals surface area contributed by atoms with Gasteiger partial charge in [-0.05, 0) is 30.2 Å². The summed E-state index contributed by atoms with van der Waals surface area (Å²) < 4.78 is 5.19. The van der Waals surface area contributed by atoms with E-state index in [1.54, 1.807) is 12.0 Å². The molecule has 144 valence electrons. The molecule has 2 N–H and O–H groups in total. The molecule has 7 nitrogen and oxygen atoms in total. The van der Waals surface area contributed by atoms with Crippen molar-refractivity contribution in [2.75, 3.05) is 13.7 Å². The van der Waals surface area contributed by atoms with Crippen molar-refractivity contribution in [3.63, 3.8) is 0 Å². The predicted molar refractivity (Wildman–Crippen MR) is 102 cm³/mol. The fraction of sp³-hybridized carbons (Fsp3) is 0.450. The van der Waals surface area contributed by atoms with Gasteiger partial charge in [0.05, 0.1) is 25.0 Å². The average molecular weight is 370 g/mol. The molecule has 1 aromatic carbocycles. The predicted octanol–water partition coefficient (Wildman–Crippen LogP) is 2.13. The number of hydrogen-bond acceptors (Lipinski definition) is 4. The number of aromatic nitrogens is 2. The van der Waals surface area contributed by atoms with E-state index in [0.717, 1.165) is 28.5 Å². The molecule has 27 heavy (non-hydrogen) atoms. The zero-order valence-corrected chi connectivity index (χ0v) is 16.2. The molecular formula is C20H26N4O3. The number of nitrogens with one attached hydrogen (secondary N) is 2. The molecule has 1 atom stereocenters. The number of H-pyrrole nitrogens is 1. The lowest BCUT2D eigenvalue weighted by molar-refractivity contribution is -0.138. The summed E-state index contributed by atoms with van der Waals surface area (Å²) >= 11 is 0. The van der Waals surface area contributed by atoms with Crippen molar-refractivity contribution >= 4 is 11.8 Å². The SMILES string of the molecule is COc1ccc(-c2nc3c([nH]2)CN(C(=O)[C@@H](NC(C)=O)C(C)C)CC3)cc1. The van der Waals surface area contributed by atoms with Crippen LogP contribution in [0, 0.1) is 5.92 Å². The highest BCUT2D eigenvalue weighted by Crippen LogP contribution is 2.25. The molecule has 0 fully saturated rings. The van der Waals surface area contributed by atoms with E-state index >= 15 is 0 Å². The molecule has 1 aliphatic heterocycles. The summed E-state index contributed by atoms with van der Waals surface area (Å²) in [6.45, 7) is 6.38. The van der Waals surface area contributed by atoms with E-state index < -0.39 is 6.04 Å². The number of nitrogens with zero attached hydrogens (tertiary/aromatic N) is 2. The number of methoxy groups -OCH3 is 1. The monoisotopic (exact) mass is 370 g/mol. The molecule has 1 aromatic heterocycles. The normalized spacial score (nSPS) is 14.6. The summed E-state index contributed by atoms with van der Waals surface area (Å²) in [7, 11) is 1.64. The van der Waals surface area contributed by atoms with Crippen LogP contribution < -0.4 is 10.1 Å². The second-order valence-corrected chi connectivity index (χ2v) is 7.17. The van der Waals surface area contributed by atoms with E-state index in [1.165, 1.54) is 6.92 Å². The average Bonchev–Trinajstić information content (AvgIpc) is 3.08. The van der Waals surface area contributed by atoms with Crippen LogP contribution in [0.15, 0.2) is 24.3 Å². The maximum atomic E-state index is 12.9. The Kier molecular flexibility index (Phi) is 5.48. The van der Waals surface area contributed by atoms with Crippen molar-refractivity contribution < 1.29 is 14.3 Å². The maximum Gasteiger partial charge on any atom is 0.245 e. The van der Waals surface area contributed by atoms with Gasteiger partial charge in [0.1, 0.15) is 17.6 Å². The third-order valence-corrected chi connectivity index (χ3v) is 4.80. The summed E-state index contributed by atoms with van der Waals surface area (Å²) in [5.41, 5.74) is 2.91. The molecular weight excluding hydrogens is 344 g/mol. The van der Waals surface area contributed by atoms with Crippen molar-refractivity contribution in [2.45, 2.75) is 39.8 Å². The molecule has 0 bridgehead atoms. The van der Waals surface area contributed by atoms with Crippen molar-refractivity contribution in [3.05, 3.63) is 35.7 Å². The highest BCUT2D eigenvalue weighted by Gasteiger charge is 2.31. The van der Waals surface area contributed by atoms with E-state index in [-0.39, 0.29) is 17.7 Å². The van der Waals surface area contributed by atoms with Crippen molar-refractivity contribution in [1.29, 1.82) is 0 Å². The Balaban J connectivity index is 1.77. The van der Waals surface area contributed by atoms with Crippen molar-refractivity contribution in [2.24, 2.45) is 5.92 Å². The molecule has 0 radical (unpaired) electrons. The van der Waals surface area contributed by atoms with Crippen molar-refractivity contribution in [1.82, 2.24) is 20.2 Å². The van der Waals surface area contributed by atoms with Gasteiger partial charge in [-0.1, -0.05) is 13.8 Å². The third kappa shape index (κ3) is 4.13. The van der Waals surface area contributed by atoms with Gasteiger partial charge in [-0.2, -0.15) is 0 Å². The maximum absolute atomic E-state index is 12.9. The molecule has 1 aliphatic rings. The van der Waals surface area contributed by atoms with Crippen LogP contribution in [0.25, 0.3) is 11.4 Å². The quantitative estimate of drug-likeness (QED) is 0.844. The molecule has 0 unspecified atom stereocenters. The highest BCUT2D eigenvalue weighted by atomic mass is 16.5. The van der Waals surface area contributed by atoms with E-state index in [1.807, 2.05) is 38.1 Å². The Morgan fingerprint density at radius 1 is 1.26 bits per heavy atom. The zero-order valence-electron chi connectivity index (χ0n) is 16.2. The summed E-state index contributed by atoms with van der Waals surface area (Å²) in [5, 5.41) is 2.77. The summed E-state index contributed by atoms with van der Waals surface area (Å²) in [6.07, 6.45) is 0.693. The highest BCUT2D eigenvalue weighted by molar-refractivity contribution is 5.87. The first-order chi connectivity index (χ1) is 12.9. The van der Waals surface area contributed by atoms with Crippen LogP contribution in [0.1, 0.15) is 32.2 Å². The first-order valence-corrected chi connectivity index (χ1v) is 9.17. The van der Waals surface area contributed by atoms with Crippen LogP contribution in [0.5, 0.6) is 5.75 Å². The number of carbonyl (C=O) groups is 2. The van der Waals surface area contributed by atoms with E-state index in [0.29, 0.717) is 19.5 Å². The molecule has 2 heterocycles. The third-order valence-electron chi connectivity index (χ3n) is 4.80. The molecule has 0 spiro atoms. The number of carbonyl (C=O) groups excluding carboxylic acids is 2. The van der Waals surface area contributed by atoms with Gasteiger partial charge >= 0.3 is 0 Å². The smallest absolute Gasteiger partial charge is 0.245 e. The summed E-state index contributed by atoms with van der Waals surface area (Å²) in [6, 6.07) is 7.20. The van der Waals surface area contributed by atoms with Gasteiger partial charge in [-0.25, -0.2) is 4.98 Å². The van der Waals surface area contributed by atoms with Crippen LogP contribution >= 0.6 is 0 Å². The number of fused-ring (bicyclic) bond motifs is 1. The van der Waals surface area contributed by atoms with E-state index in [9.17, 15) is 9.59 Å². The Bertz CT molecular complexity index is 826. The number of ether oxygens (including phenoxy) is 1. The second kappa shape index (κ2) is 7.82.